The molecule has 1 saturated heterocycles. The summed E-state index contributed by atoms with van der Waals surface area (Å²) in [6.07, 6.45) is 3.69. The van der Waals surface area contributed by atoms with Gasteiger partial charge in [0, 0.05) is 13.0 Å². The number of amidine groups is 1. The molecule has 1 heterocycles. The molecule has 0 saturated carbocycles. The fourth-order valence-corrected chi connectivity index (χ4v) is 1.35. The van der Waals surface area contributed by atoms with Crippen molar-refractivity contribution in [2.75, 3.05) is 20.1 Å². The van der Waals surface area contributed by atoms with Crippen molar-refractivity contribution in [3.8, 4) is 0 Å². The third-order valence-electron chi connectivity index (χ3n) is 2.08. The zero-order chi connectivity index (χ0) is 8.81. The first-order valence-electron chi connectivity index (χ1n) is 4.29. The van der Waals surface area contributed by atoms with Crippen molar-refractivity contribution in [3.63, 3.8) is 0 Å². The van der Waals surface area contributed by atoms with E-state index in [0.29, 0.717) is 5.92 Å². The minimum atomic E-state index is 0.448. The molecule has 0 radical (unpaired) electrons. The van der Waals surface area contributed by atoms with E-state index in [1.165, 1.54) is 6.34 Å². The lowest BCUT2D eigenvalue weighted by atomic mass is 9.97. The summed E-state index contributed by atoms with van der Waals surface area (Å²) in [7, 11) is 1.69. The van der Waals surface area contributed by atoms with Crippen LogP contribution in [-0.2, 0) is 0 Å². The standard InChI is InChI=1S/C8H16N4/c1-10-6-12-8(9)7-2-4-11-5-3-7/h6-7,11H,2-5H2,1H3,(H2,9,10,12). The van der Waals surface area contributed by atoms with E-state index in [1.54, 1.807) is 7.05 Å². The predicted octanol–water partition coefficient (Wildman–Crippen LogP) is 0.00130. The van der Waals surface area contributed by atoms with E-state index in [9.17, 15) is 0 Å². The smallest absolute Gasteiger partial charge is 0.111 e. The Balaban J connectivity index is 2.44. The maximum atomic E-state index is 5.77. The molecule has 0 atom stereocenters. The molecule has 1 fully saturated rings. The highest BCUT2D eigenvalue weighted by Crippen LogP contribution is 2.10. The normalized spacial score (nSPS) is 21.9. The van der Waals surface area contributed by atoms with Gasteiger partial charge in [0.15, 0.2) is 0 Å². The van der Waals surface area contributed by atoms with Crippen molar-refractivity contribution < 1.29 is 0 Å². The fourth-order valence-electron chi connectivity index (χ4n) is 1.35. The number of nitrogens with two attached hydrogens (primary N) is 1. The first kappa shape index (κ1) is 9.19. The maximum absolute atomic E-state index is 5.77. The summed E-state index contributed by atoms with van der Waals surface area (Å²) in [5, 5.41) is 3.28. The average molecular weight is 168 g/mol. The third kappa shape index (κ3) is 2.62. The molecule has 3 N–H and O–H groups in total. The van der Waals surface area contributed by atoms with E-state index in [0.717, 1.165) is 31.8 Å². The first-order chi connectivity index (χ1) is 5.84. The lowest BCUT2D eigenvalue weighted by Gasteiger charge is -2.21. The Morgan fingerprint density at radius 1 is 1.50 bits per heavy atom. The molecule has 4 nitrogen and oxygen atoms in total. The topological polar surface area (TPSA) is 62.8 Å². The lowest BCUT2D eigenvalue weighted by Crippen LogP contribution is -2.35. The van der Waals surface area contributed by atoms with E-state index in [-0.39, 0.29) is 0 Å². The first-order valence-corrected chi connectivity index (χ1v) is 4.29. The van der Waals surface area contributed by atoms with Gasteiger partial charge in [0.2, 0.25) is 0 Å². The Kier molecular flexibility index (Phi) is 3.73. The molecule has 0 amide bonds. The molecule has 0 aromatic rings. The molecule has 0 aromatic heterocycles. The molecule has 0 aliphatic carbocycles. The summed E-state index contributed by atoms with van der Waals surface area (Å²) in [4.78, 5) is 7.80. The largest absolute Gasteiger partial charge is 0.387 e. The predicted molar refractivity (Wildman–Crippen MR) is 51.6 cm³/mol. The summed E-state index contributed by atoms with van der Waals surface area (Å²) in [6, 6.07) is 0. The van der Waals surface area contributed by atoms with Crippen LogP contribution in [-0.4, -0.2) is 32.3 Å². The highest BCUT2D eigenvalue weighted by Gasteiger charge is 2.15. The molecular formula is C8H16N4. The van der Waals surface area contributed by atoms with Crippen LogP contribution in [0.1, 0.15) is 12.8 Å². The Hall–Kier alpha value is -0.900. The molecule has 0 bridgehead atoms. The van der Waals surface area contributed by atoms with Gasteiger partial charge in [-0.3, -0.25) is 4.99 Å². The number of hydrogen-bond donors (Lipinski definition) is 2. The van der Waals surface area contributed by atoms with Crippen LogP contribution in [0.5, 0.6) is 0 Å². The van der Waals surface area contributed by atoms with Crippen molar-refractivity contribution in [1.29, 1.82) is 0 Å². The Morgan fingerprint density at radius 2 is 2.17 bits per heavy atom. The van der Waals surface area contributed by atoms with Crippen LogP contribution in [0, 0.1) is 5.92 Å². The Labute approximate surface area is 73.0 Å². The SMILES string of the molecule is CN=CN=C(N)C1CCNCC1. The van der Waals surface area contributed by atoms with Gasteiger partial charge in [0.1, 0.15) is 12.2 Å². The van der Waals surface area contributed by atoms with Crippen LogP contribution < -0.4 is 11.1 Å². The second-order valence-corrected chi connectivity index (χ2v) is 2.95. The highest BCUT2D eigenvalue weighted by molar-refractivity contribution is 5.89. The molecule has 0 unspecified atom stereocenters. The van der Waals surface area contributed by atoms with Gasteiger partial charge in [-0.2, -0.15) is 0 Å². The van der Waals surface area contributed by atoms with Crippen molar-refractivity contribution in [1.82, 2.24) is 5.32 Å². The summed E-state index contributed by atoms with van der Waals surface area (Å²) < 4.78 is 0. The Morgan fingerprint density at radius 3 is 2.75 bits per heavy atom. The van der Waals surface area contributed by atoms with Crippen LogP contribution in [0.25, 0.3) is 0 Å². The number of aliphatic imine (C=N–C) groups is 2. The third-order valence-corrected chi connectivity index (χ3v) is 2.08. The quantitative estimate of drug-likeness (QED) is 0.450. The van der Waals surface area contributed by atoms with Crippen molar-refractivity contribution in [2.24, 2.45) is 21.6 Å². The second kappa shape index (κ2) is 4.87. The average Bonchev–Trinajstić information content (AvgIpc) is 2.15. The summed E-state index contributed by atoms with van der Waals surface area (Å²) >= 11 is 0. The monoisotopic (exact) mass is 168 g/mol. The fraction of sp³-hybridized carbons (Fsp3) is 0.750. The number of nitrogens with zero attached hydrogens (tertiary/aromatic N) is 2. The van der Waals surface area contributed by atoms with E-state index in [1.807, 2.05) is 0 Å². The van der Waals surface area contributed by atoms with Gasteiger partial charge in [0.05, 0.1) is 0 Å². The van der Waals surface area contributed by atoms with Gasteiger partial charge in [-0.25, -0.2) is 4.99 Å². The van der Waals surface area contributed by atoms with Crippen LogP contribution in [0.2, 0.25) is 0 Å². The molecule has 12 heavy (non-hydrogen) atoms. The van der Waals surface area contributed by atoms with E-state index in [2.05, 4.69) is 15.3 Å². The van der Waals surface area contributed by atoms with Crippen LogP contribution in [0.3, 0.4) is 0 Å². The van der Waals surface area contributed by atoms with Gasteiger partial charge >= 0.3 is 0 Å². The van der Waals surface area contributed by atoms with Gasteiger partial charge in [-0.1, -0.05) is 0 Å². The molecule has 68 valence electrons. The summed E-state index contributed by atoms with van der Waals surface area (Å²) in [5.74, 6) is 1.17. The van der Waals surface area contributed by atoms with Gasteiger partial charge < -0.3 is 11.1 Å². The minimum Gasteiger partial charge on any atom is -0.387 e. The molecule has 1 aliphatic heterocycles. The van der Waals surface area contributed by atoms with Gasteiger partial charge in [-0.15, -0.1) is 0 Å². The zero-order valence-electron chi connectivity index (χ0n) is 7.45. The molecule has 1 rings (SSSR count). The van der Waals surface area contributed by atoms with Crippen LogP contribution in [0.15, 0.2) is 9.98 Å². The van der Waals surface area contributed by atoms with Crippen LogP contribution in [0.4, 0.5) is 0 Å². The number of nitrogens with one attached hydrogen (secondary N) is 1. The minimum absolute atomic E-state index is 0.448. The van der Waals surface area contributed by atoms with Crippen molar-refractivity contribution in [2.45, 2.75) is 12.8 Å². The molecule has 0 spiro atoms. The number of rotatable bonds is 2. The number of hydrogen-bond acceptors (Lipinski definition) is 2. The molecule has 0 aromatic carbocycles. The van der Waals surface area contributed by atoms with Gasteiger partial charge in [0.25, 0.3) is 0 Å². The van der Waals surface area contributed by atoms with Crippen molar-refractivity contribution in [3.05, 3.63) is 0 Å². The molecular weight excluding hydrogens is 152 g/mol. The van der Waals surface area contributed by atoms with E-state index < -0.39 is 0 Å². The Bertz CT molecular complexity index is 179. The highest BCUT2D eigenvalue weighted by atomic mass is 14.9. The lowest BCUT2D eigenvalue weighted by molar-refractivity contribution is 0.455. The van der Waals surface area contributed by atoms with Gasteiger partial charge in [-0.05, 0) is 25.9 Å². The summed E-state index contributed by atoms with van der Waals surface area (Å²) in [6.45, 7) is 2.09. The molecule has 1 aliphatic rings. The van der Waals surface area contributed by atoms with E-state index >= 15 is 0 Å². The zero-order valence-corrected chi connectivity index (χ0v) is 7.45. The second-order valence-electron chi connectivity index (χ2n) is 2.95. The van der Waals surface area contributed by atoms with Crippen molar-refractivity contribution >= 4 is 12.2 Å². The van der Waals surface area contributed by atoms with Crippen LogP contribution >= 0.6 is 0 Å². The molecule has 4 heteroatoms. The summed E-state index contributed by atoms with van der Waals surface area (Å²) in [5.41, 5.74) is 5.77. The number of piperidine rings is 1. The maximum Gasteiger partial charge on any atom is 0.111 e. The van der Waals surface area contributed by atoms with E-state index in [4.69, 9.17) is 5.73 Å².